The van der Waals surface area contributed by atoms with Gasteiger partial charge < -0.3 is 15.8 Å². The number of carbonyl (C=O) groups is 1. The van der Waals surface area contributed by atoms with Crippen molar-refractivity contribution in [1.82, 2.24) is 15.1 Å². The number of aryl methyl sites for hydroxylation is 1. The SMILES string of the molecule is Cc1cnn(CCNC(=O)CCOc2ccc(N)cc2)c1. The molecule has 3 N–H and O–H groups in total. The van der Waals surface area contributed by atoms with Crippen LogP contribution >= 0.6 is 0 Å². The molecule has 0 radical (unpaired) electrons. The molecule has 6 nitrogen and oxygen atoms in total. The van der Waals surface area contributed by atoms with E-state index in [1.807, 2.05) is 13.1 Å². The smallest absolute Gasteiger partial charge is 0.223 e. The van der Waals surface area contributed by atoms with Crippen molar-refractivity contribution in [3.05, 3.63) is 42.2 Å². The molecule has 0 bridgehead atoms. The Hall–Kier alpha value is -2.50. The summed E-state index contributed by atoms with van der Waals surface area (Å²) < 4.78 is 7.27. The number of nitrogens with zero attached hydrogens (tertiary/aromatic N) is 2. The number of benzene rings is 1. The second-order valence-corrected chi connectivity index (χ2v) is 4.80. The quantitative estimate of drug-likeness (QED) is 0.754. The van der Waals surface area contributed by atoms with Gasteiger partial charge in [-0.2, -0.15) is 5.10 Å². The normalized spacial score (nSPS) is 10.3. The Morgan fingerprint density at radius 2 is 2.14 bits per heavy atom. The molecule has 21 heavy (non-hydrogen) atoms. The Morgan fingerprint density at radius 1 is 1.38 bits per heavy atom. The number of aromatic nitrogens is 2. The van der Waals surface area contributed by atoms with Crippen molar-refractivity contribution in [2.24, 2.45) is 0 Å². The highest BCUT2D eigenvalue weighted by Crippen LogP contribution is 2.12. The molecular formula is C15H20N4O2. The Balaban J connectivity index is 1.60. The standard InChI is InChI=1S/C15H20N4O2/c1-12-10-18-19(11-12)8-7-17-15(20)6-9-21-14-4-2-13(16)3-5-14/h2-5,10-11H,6-9,16H2,1H3,(H,17,20). The molecule has 1 amide bonds. The van der Waals surface area contributed by atoms with Crippen LogP contribution in [0.25, 0.3) is 0 Å². The summed E-state index contributed by atoms with van der Waals surface area (Å²) >= 11 is 0. The Morgan fingerprint density at radius 3 is 2.81 bits per heavy atom. The third-order valence-electron chi connectivity index (χ3n) is 2.90. The van der Waals surface area contributed by atoms with Crippen LogP contribution in [0.1, 0.15) is 12.0 Å². The topological polar surface area (TPSA) is 82.2 Å². The molecule has 0 aliphatic carbocycles. The predicted molar refractivity (Wildman–Crippen MR) is 80.9 cm³/mol. The first kappa shape index (κ1) is 14.9. The monoisotopic (exact) mass is 288 g/mol. The second kappa shape index (κ2) is 7.33. The molecule has 112 valence electrons. The lowest BCUT2D eigenvalue weighted by Gasteiger charge is -2.07. The lowest BCUT2D eigenvalue weighted by atomic mass is 10.3. The maximum absolute atomic E-state index is 11.6. The predicted octanol–water partition coefficient (Wildman–Crippen LogP) is 1.36. The third kappa shape index (κ3) is 5.18. The van der Waals surface area contributed by atoms with Gasteiger partial charge in [0, 0.05) is 18.4 Å². The van der Waals surface area contributed by atoms with Crippen molar-refractivity contribution in [3.63, 3.8) is 0 Å². The van der Waals surface area contributed by atoms with Gasteiger partial charge in [-0.15, -0.1) is 0 Å². The zero-order valence-electron chi connectivity index (χ0n) is 12.1. The van der Waals surface area contributed by atoms with Crippen LogP contribution in [-0.2, 0) is 11.3 Å². The molecule has 2 rings (SSSR count). The number of nitrogen functional groups attached to an aromatic ring is 1. The maximum atomic E-state index is 11.6. The van der Waals surface area contributed by atoms with Crippen LogP contribution in [0, 0.1) is 6.92 Å². The first-order chi connectivity index (χ1) is 10.1. The van der Waals surface area contributed by atoms with Gasteiger partial charge in [-0.05, 0) is 36.8 Å². The first-order valence-electron chi connectivity index (χ1n) is 6.87. The van der Waals surface area contributed by atoms with Crippen LogP contribution in [0.15, 0.2) is 36.7 Å². The minimum Gasteiger partial charge on any atom is -0.493 e. The molecule has 0 fully saturated rings. The van der Waals surface area contributed by atoms with Gasteiger partial charge >= 0.3 is 0 Å². The zero-order chi connectivity index (χ0) is 15.1. The first-order valence-corrected chi connectivity index (χ1v) is 6.87. The fourth-order valence-corrected chi connectivity index (χ4v) is 1.81. The van der Waals surface area contributed by atoms with Gasteiger partial charge in [0.05, 0.1) is 25.8 Å². The molecule has 1 aromatic carbocycles. The van der Waals surface area contributed by atoms with Gasteiger partial charge in [-0.1, -0.05) is 0 Å². The van der Waals surface area contributed by atoms with Gasteiger partial charge in [-0.3, -0.25) is 9.48 Å². The number of anilines is 1. The van der Waals surface area contributed by atoms with E-state index in [-0.39, 0.29) is 5.91 Å². The molecule has 0 saturated heterocycles. The van der Waals surface area contributed by atoms with Crippen LogP contribution in [0.5, 0.6) is 5.75 Å². The van der Waals surface area contributed by atoms with E-state index in [9.17, 15) is 4.79 Å². The van der Waals surface area contributed by atoms with Crippen molar-refractivity contribution in [1.29, 1.82) is 0 Å². The average molecular weight is 288 g/mol. The number of rotatable bonds is 7. The molecule has 0 atom stereocenters. The minimum absolute atomic E-state index is 0.0330. The van der Waals surface area contributed by atoms with Gasteiger partial charge in [0.2, 0.25) is 5.91 Å². The largest absolute Gasteiger partial charge is 0.493 e. The summed E-state index contributed by atoms with van der Waals surface area (Å²) in [6.07, 6.45) is 4.06. The van der Waals surface area contributed by atoms with Crippen molar-refractivity contribution < 1.29 is 9.53 Å². The highest BCUT2D eigenvalue weighted by atomic mass is 16.5. The summed E-state index contributed by atoms with van der Waals surface area (Å²) in [6, 6.07) is 7.10. The van der Waals surface area contributed by atoms with Crippen molar-refractivity contribution in [2.45, 2.75) is 19.9 Å². The average Bonchev–Trinajstić information content (AvgIpc) is 2.87. The van der Waals surface area contributed by atoms with E-state index in [0.29, 0.717) is 37.6 Å². The van der Waals surface area contributed by atoms with Crippen molar-refractivity contribution in [3.8, 4) is 5.75 Å². The lowest BCUT2D eigenvalue weighted by molar-refractivity contribution is -0.121. The van der Waals surface area contributed by atoms with E-state index in [0.717, 1.165) is 5.56 Å². The summed E-state index contributed by atoms with van der Waals surface area (Å²) in [4.78, 5) is 11.6. The van der Waals surface area contributed by atoms with Gasteiger partial charge in [0.15, 0.2) is 0 Å². The van der Waals surface area contributed by atoms with Crippen LogP contribution in [0.3, 0.4) is 0 Å². The van der Waals surface area contributed by atoms with E-state index >= 15 is 0 Å². The molecule has 0 aliphatic heterocycles. The van der Waals surface area contributed by atoms with Gasteiger partial charge in [0.25, 0.3) is 0 Å². The Kier molecular flexibility index (Phi) is 5.20. The summed E-state index contributed by atoms with van der Waals surface area (Å²) in [7, 11) is 0. The van der Waals surface area contributed by atoms with Crippen LogP contribution < -0.4 is 15.8 Å². The second-order valence-electron chi connectivity index (χ2n) is 4.80. The highest BCUT2D eigenvalue weighted by molar-refractivity contribution is 5.75. The van der Waals surface area contributed by atoms with Gasteiger partial charge in [-0.25, -0.2) is 0 Å². The van der Waals surface area contributed by atoms with E-state index in [1.54, 1.807) is 35.1 Å². The highest BCUT2D eigenvalue weighted by Gasteiger charge is 2.02. The molecule has 6 heteroatoms. The zero-order valence-corrected chi connectivity index (χ0v) is 12.1. The Labute approximate surface area is 123 Å². The number of hydrogen-bond acceptors (Lipinski definition) is 4. The van der Waals surface area contributed by atoms with Crippen LogP contribution in [0.2, 0.25) is 0 Å². The molecule has 0 unspecified atom stereocenters. The fourth-order valence-electron chi connectivity index (χ4n) is 1.81. The Bertz CT molecular complexity index is 578. The third-order valence-corrected chi connectivity index (χ3v) is 2.90. The maximum Gasteiger partial charge on any atom is 0.223 e. The molecule has 0 aliphatic rings. The van der Waals surface area contributed by atoms with Gasteiger partial charge in [0.1, 0.15) is 5.75 Å². The summed E-state index contributed by atoms with van der Waals surface area (Å²) in [6.45, 7) is 3.55. The molecule has 0 saturated carbocycles. The molecule has 0 spiro atoms. The van der Waals surface area contributed by atoms with E-state index in [1.165, 1.54) is 0 Å². The molecule has 1 heterocycles. The molecule has 1 aromatic heterocycles. The molecular weight excluding hydrogens is 268 g/mol. The fraction of sp³-hybridized carbons (Fsp3) is 0.333. The van der Waals surface area contributed by atoms with Crippen LogP contribution in [-0.4, -0.2) is 28.8 Å². The number of ether oxygens (including phenoxy) is 1. The van der Waals surface area contributed by atoms with E-state index in [4.69, 9.17) is 10.5 Å². The summed E-state index contributed by atoms with van der Waals surface area (Å²) in [5.74, 6) is 0.679. The lowest BCUT2D eigenvalue weighted by Crippen LogP contribution is -2.28. The molecule has 2 aromatic rings. The summed E-state index contributed by atoms with van der Waals surface area (Å²) in [5.41, 5.74) is 7.38. The van der Waals surface area contributed by atoms with Crippen molar-refractivity contribution >= 4 is 11.6 Å². The van der Waals surface area contributed by atoms with E-state index in [2.05, 4.69) is 10.4 Å². The number of hydrogen-bond donors (Lipinski definition) is 2. The van der Waals surface area contributed by atoms with Crippen molar-refractivity contribution in [2.75, 3.05) is 18.9 Å². The number of carbonyl (C=O) groups excluding carboxylic acids is 1. The van der Waals surface area contributed by atoms with Crippen LogP contribution in [0.4, 0.5) is 5.69 Å². The number of amides is 1. The number of nitrogens with one attached hydrogen (secondary N) is 1. The number of nitrogens with two attached hydrogens (primary N) is 1. The summed E-state index contributed by atoms with van der Waals surface area (Å²) in [5, 5.41) is 6.99. The minimum atomic E-state index is -0.0330. The van der Waals surface area contributed by atoms with E-state index < -0.39 is 0 Å².